The van der Waals surface area contributed by atoms with Crippen molar-refractivity contribution >= 4 is 46.7 Å². The van der Waals surface area contributed by atoms with Crippen LogP contribution in [-0.2, 0) is 4.79 Å². The van der Waals surface area contributed by atoms with Crippen LogP contribution in [0, 0.1) is 10.1 Å². The Hall–Kier alpha value is -2.00. The Morgan fingerprint density at radius 3 is 2.86 bits per heavy atom. The second-order valence-electron chi connectivity index (χ2n) is 4.18. The topological polar surface area (TPSA) is 113 Å². The normalized spacial score (nSPS) is 17.6. The maximum atomic E-state index is 12.1. The summed E-state index contributed by atoms with van der Waals surface area (Å²) in [5.74, 6) is -0.568. The highest BCUT2D eigenvalue weighted by Crippen LogP contribution is 2.28. The molecule has 1 aromatic carbocycles. The highest BCUT2D eigenvalue weighted by molar-refractivity contribution is 7.99. The van der Waals surface area contributed by atoms with Crippen LogP contribution in [0.1, 0.15) is 0 Å². The number of carbonyl (C=O) groups is 2. The molecule has 2 N–H and O–H groups in total. The van der Waals surface area contributed by atoms with Crippen LogP contribution in [0.5, 0.6) is 0 Å². The van der Waals surface area contributed by atoms with Crippen molar-refractivity contribution in [2.24, 2.45) is 0 Å². The number of hydrogen-bond donors (Lipinski definition) is 2. The average molecular weight is 332 g/mol. The molecule has 10 heteroatoms. The second kappa shape index (κ2) is 6.19. The molecule has 2 amide bonds. The van der Waals surface area contributed by atoms with Gasteiger partial charge in [0.25, 0.3) is 5.69 Å². The van der Waals surface area contributed by atoms with Crippen LogP contribution in [0.3, 0.4) is 0 Å². The van der Waals surface area contributed by atoms with E-state index >= 15 is 0 Å². The van der Waals surface area contributed by atoms with Crippen LogP contribution in [0.4, 0.5) is 16.2 Å². The van der Waals surface area contributed by atoms with Gasteiger partial charge in [0, 0.05) is 17.9 Å². The summed E-state index contributed by atoms with van der Waals surface area (Å²) in [5.41, 5.74) is -0.155. The molecule has 0 radical (unpaired) electrons. The maximum Gasteiger partial charge on any atom is 0.327 e. The molecule has 1 atom stereocenters. The van der Waals surface area contributed by atoms with Crippen molar-refractivity contribution in [3.05, 3.63) is 33.3 Å². The van der Waals surface area contributed by atoms with Gasteiger partial charge < -0.3 is 15.3 Å². The third-order valence-corrected chi connectivity index (χ3v) is 4.17. The van der Waals surface area contributed by atoms with Crippen LogP contribution in [0.25, 0.3) is 0 Å². The average Bonchev–Trinajstić information content (AvgIpc) is 2.90. The monoisotopic (exact) mass is 331 g/mol. The molecule has 1 aromatic rings. The molecule has 1 unspecified atom stereocenters. The van der Waals surface area contributed by atoms with Crippen molar-refractivity contribution in [3.63, 3.8) is 0 Å². The lowest BCUT2D eigenvalue weighted by Gasteiger charge is -2.21. The summed E-state index contributed by atoms with van der Waals surface area (Å²) in [4.78, 5) is 34.3. The summed E-state index contributed by atoms with van der Waals surface area (Å²) < 4.78 is 0. The molecule has 0 aliphatic carbocycles. The number of rotatable bonds is 3. The fraction of sp³-hybridized carbons (Fsp3) is 0.273. The van der Waals surface area contributed by atoms with Gasteiger partial charge >= 0.3 is 12.0 Å². The molecule has 0 spiro atoms. The van der Waals surface area contributed by atoms with E-state index in [-0.39, 0.29) is 22.3 Å². The number of anilines is 1. The summed E-state index contributed by atoms with van der Waals surface area (Å²) in [6.07, 6.45) is 0. The SMILES string of the molecule is O=C(O)C1CSCN1C(=O)Nc1cc([N+](=O)[O-])ccc1Cl. The molecule has 8 nitrogen and oxygen atoms in total. The van der Waals surface area contributed by atoms with E-state index in [1.807, 2.05) is 0 Å². The van der Waals surface area contributed by atoms with Crippen molar-refractivity contribution in [2.45, 2.75) is 6.04 Å². The van der Waals surface area contributed by atoms with Crippen molar-refractivity contribution in [2.75, 3.05) is 16.9 Å². The molecule has 112 valence electrons. The molecule has 1 fully saturated rings. The summed E-state index contributed by atoms with van der Waals surface area (Å²) in [6.45, 7) is 0. The molecule has 1 saturated heterocycles. The van der Waals surface area contributed by atoms with Gasteiger partial charge in [-0.2, -0.15) is 0 Å². The van der Waals surface area contributed by atoms with Crippen molar-refractivity contribution in [1.29, 1.82) is 0 Å². The van der Waals surface area contributed by atoms with Gasteiger partial charge in [-0.05, 0) is 6.07 Å². The predicted molar refractivity (Wildman–Crippen MR) is 77.7 cm³/mol. The first-order valence-electron chi connectivity index (χ1n) is 5.72. The molecule has 2 rings (SSSR count). The zero-order chi connectivity index (χ0) is 15.6. The number of amides is 2. The molecule has 1 heterocycles. The highest BCUT2D eigenvalue weighted by Gasteiger charge is 2.34. The van der Waals surface area contributed by atoms with Gasteiger partial charge in [0.15, 0.2) is 0 Å². The van der Waals surface area contributed by atoms with E-state index in [4.69, 9.17) is 16.7 Å². The Morgan fingerprint density at radius 1 is 1.52 bits per heavy atom. The number of carboxylic acids is 1. The largest absolute Gasteiger partial charge is 0.480 e. The first kappa shape index (κ1) is 15.4. The number of nitro groups is 1. The van der Waals surface area contributed by atoms with E-state index < -0.39 is 23.0 Å². The lowest BCUT2D eigenvalue weighted by Crippen LogP contribution is -2.44. The first-order chi connectivity index (χ1) is 9.90. The number of urea groups is 1. The van der Waals surface area contributed by atoms with E-state index in [9.17, 15) is 19.7 Å². The summed E-state index contributed by atoms with van der Waals surface area (Å²) in [5, 5.41) is 22.3. The van der Waals surface area contributed by atoms with Crippen molar-refractivity contribution < 1.29 is 19.6 Å². The van der Waals surface area contributed by atoms with Crippen LogP contribution in [0.15, 0.2) is 18.2 Å². The number of benzene rings is 1. The number of aliphatic carboxylic acids is 1. The lowest BCUT2D eigenvalue weighted by molar-refractivity contribution is -0.384. The number of halogens is 1. The molecule has 21 heavy (non-hydrogen) atoms. The fourth-order valence-corrected chi connectivity index (χ4v) is 3.07. The molecule has 1 aliphatic rings. The number of nitro benzene ring substituents is 1. The minimum Gasteiger partial charge on any atom is -0.480 e. The minimum absolute atomic E-state index is 0.0666. The quantitative estimate of drug-likeness (QED) is 0.648. The number of thioether (sulfide) groups is 1. The van der Waals surface area contributed by atoms with Gasteiger partial charge in [0.2, 0.25) is 0 Å². The van der Waals surface area contributed by atoms with Crippen LogP contribution < -0.4 is 5.32 Å². The molecular formula is C11H10ClN3O5S. The first-order valence-corrected chi connectivity index (χ1v) is 7.25. The highest BCUT2D eigenvalue weighted by atomic mass is 35.5. The van der Waals surface area contributed by atoms with Gasteiger partial charge in [0.05, 0.1) is 21.5 Å². The Bertz CT molecular complexity index is 612. The number of nitrogens with one attached hydrogen (secondary N) is 1. The number of non-ortho nitro benzene ring substituents is 1. The molecule has 1 aliphatic heterocycles. The van der Waals surface area contributed by atoms with E-state index in [0.29, 0.717) is 5.75 Å². The van der Waals surface area contributed by atoms with Gasteiger partial charge in [-0.3, -0.25) is 10.1 Å². The van der Waals surface area contributed by atoms with E-state index in [2.05, 4.69) is 5.32 Å². The molecular weight excluding hydrogens is 322 g/mol. The third-order valence-electron chi connectivity index (χ3n) is 2.83. The molecule has 0 bridgehead atoms. The molecule has 0 saturated carbocycles. The zero-order valence-corrected chi connectivity index (χ0v) is 12.1. The van der Waals surface area contributed by atoms with E-state index in [0.717, 1.165) is 11.0 Å². The van der Waals surface area contributed by atoms with Crippen LogP contribution in [0.2, 0.25) is 5.02 Å². The number of carboxylic acid groups (broad SMARTS) is 1. The number of carbonyl (C=O) groups excluding carboxylic acids is 1. The Labute approximate surface area is 128 Å². The maximum absolute atomic E-state index is 12.1. The van der Waals surface area contributed by atoms with Crippen molar-refractivity contribution in [1.82, 2.24) is 4.90 Å². The number of nitrogens with zero attached hydrogens (tertiary/aromatic N) is 2. The van der Waals surface area contributed by atoms with E-state index in [1.165, 1.54) is 23.9 Å². The lowest BCUT2D eigenvalue weighted by atomic mass is 10.2. The predicted octanol–water partition coefficient (Wildman–Crippen LogP) is 2.24. The van der Waals surface area contributed by atoms with E-state index in [1.54, 1.807) is 0 Å². The number of hydrogen-bond acceptors (Lipinski definition) is 5. The summed E-state index contributed by atoms with van der Waals surface area (Å²) in [6, 6.07) is 2.05. The van der Waals surface area contributed by atoms with Crippen LogP contribution >= 0.6 is 23.4 Å². The standard InChI is InChI=1S/C11H10ClN3O5S/c12-7-2-1-6(15(19)20)3-8(7)13-11(18)14-5-21-4-9(14)10(16)17/h1-3,9H,4-5H2,(H,13,18)(H,16,17). The minimum atomic E-state index is -1.10. The zero-order valence-electron chi connectivity index (χ0n) is 10.5. The Morgan fingerprint density at radius 2 is 2.24 bits per heavy atom. The fourth-order valence-electron chi connectivity index (χ4n) is 1.76. The molecule has 0 aromatic heterocycles. The summed E-state index contributed by atoms with van der Waals surface area (Å²) >= 11 is 7.19. The van der Waals surface area contributed by atoms with Gasteiger partial charge in [-0.25, -0.2) is 9.59 Å². The Kier molecular flexibility index (Phi) is 4.53. The third kappa shape index (κ3) is 3.37. The van der Waals surface area contributed by atoms with Crippen LogP contribution in [-0.4, -0.2) is 44.6 Å². The van der Waals surface area contributed by atoms with Gasteiger partial charge in [-0.1, -0.05) is 11.6 Å². The van der Waals surface area contributed by atoms with Crippen molar-refractivity contribution in [3.8, 4) is 0 Å². The Balaban J connectivity index is 2.18. The smallest absolute Gasteiger partial charge is 0.327 e. The second-order valence-corrected chi connectivity index (χ2v) is 5.58. The summed E-state index contributed by atoms with van der Waals surface area (Å²) in [7, 11) is 0. The van der Waals surface area contributed by atoms with Gasteiger partial charge in [-0.15, -0.1) is 11.8 Å². The van der Waals surface area contributed by atoms with Gasteiger partial charge in [0.1, 0.15) is 6.04 Å².